The Morgan fingerprint density at radius 3 is 2.36 bits per heavy atom. The number of hydrogen-bond donors (Lipinski definition) is 1. The fourth-order valence-corrected chi connectivity index (χ4v) is 2.27. The van der Waals surface area contributed by atoms with E-state index in [1.165, 1.54) is 0 Å². The maximum atomic E-state index is 12.3. The van der Waals surface area contributed by atoms with Gasteiger partial charge in [0, 0.05) is 12.1 Å². The zero-order valence-corrected chi connectivity index (χ0v) is 15.4. The molecule has 2 rings (SSSR count). The number of carbonyl (C=O) groups excluding carboxylic acids is 1. The van der Waals surface area contributed by atoms with E-state index in [1.807, 2.05) is 57.2 Å². The van der Waals surface area contributed by atoms with E-state index in [1.54, 1.807) is 12.1 Å². The first kappa shape index (κ1) is 18.8. The van der Waals surface area contributed by atoms with Gasteiger partial charge in [-0.05, 0) is 63.1 Å². The third-order valence-electron chi connectivity index (χ3n) is 3.76. The largest absolute Gasteiger partial charge is 0.491 e. The molecule has 0 bridgehead atoms. The van der Waals surface area contributed by atoms with E-state index in [2.05, 4.69) is 12.2 Å². The molecule has 2 aromatic rings. The standard InChI is InChI=1S/C21H27NO3/c1-5-16(4)25-20-8-6-7-18(13-20)21(23)22-14-17-9-11-19(12-10-17)24-15(2)3/h6-13,15-16H,5,14H2,1-4H3,(H,22,23). The van der Waals surface area contributed by atoms with Crippen LogP contribution in [0.4, 0.5) is 0 Å². The molecule has 0 radical (unpaired) electrons. The highest BCUT2D eigenvalue weighted by atomic mass is 16.5. The summed E-state index contributed by atoms with van der Waals surface area (Å²) in [6, 6.07) is 15.0. The minimum absolute atomic E-state index is 0.114. The van der Waals surface area contributed by atoms with Crippen LogP contribution >= 0.6 is 0 Å². The molecule has 0 spiro atoms. The second-order valence-electron chi connectivity index (χ2n) is 6.36. The Hall–Kier alpha value is -2.49. The van der Waals surface area contributed by atoms with Gasteiger partial charge in [0.15, 0.2) is 0 Å². The van der Waals surface area contributed by atoms with Gasteiger partial charge in [0.25, 0.3) is 5.91 Å². The van der Waals surface area contributed by atoms with Crippen LogP contribution in [-0.2, 0) is 6.54 Å². The lowest BCUT2D eigenvalue weighted by atomic mass is 10.1. The second kappa shape index (κ2) is 9.11. The molecule has 0 aliphatic carbocycles. The molecular formula is C21H27NO3. The van der Waals surface area contributed by atoms with Crippen LogP contribution in [0.5, 0.6) is 11.5 Å². The van der Waals surface area contributed by atoms with Gasteiger partial charge in [-0.3, -0.25) is 4.79 Å². The zero-order chi connectivity index (χ0) is 18.2. The van der Waals surface area contributed by atoms with Crippen molar-refractivity contribution in [2.24, 2.45) is 0 Å². The summed E-state index contributed by atoms with van der Waals surface area (Å²) in [5.41, 5.74) is 1.62. The van der Waals surface area contributed by atoms with Gasteiger partial charge in [-0.2, -0.15) is 0 Å². The molecule has 0 heterocycles. The quantitative estimate of drug-likeness (QED) is 0.764. The summed E-state index contributed by atoms with van der Waals surface area (Å²) in [7, 11) is 0. The molecule has 1 atom stereocenters. The van der Waals surface area contributed by atoms with Gasteiger partial charge in [-0.25, -0.2) is 0 Å². The monoisotopic (exact) mass is 341 g/mol. The van der Waals surface area contributed by atoms with E-state index in [0.29, 0.717) is 12.1 Å². The third kappa shape index (κ3) is 6.14. The molecule has 1 amide bonds. The highest BCUT2D eigenvalue weighted by Crippen LogP contribution is 2.17. The first-order valence-corrected chi connectivity index (χ1v) is 8.78. The van der Waals surface area contributed by atoms with Crippen LogP contribution in [0, 0.1) is 0 Å². The van der Waals surface area contributed by atoms with E-state index in [4.69, 9.17) is 9.47 Å². The number of nitrogens with one attached hydrogen (secondary N) is 1. The van der Waals surface area contributed by atoms with Crippen LogP contribution in [0.2, 0.25) is 0 Å². The van der Waals surface area contributed by atoms with Crippen LogP contribution < -0.4 is 14.8 Å². The molecule has 2 aromatic carbocycles. The molecule has 4 nitrogen and oxygen atoms in total. The summed E-state index contributed by atoms with van der Waals surface area (Å²) in [6.45, 7) is 8.54. The van der Waals surface area contributed by atoms with E-state index < -0.39 is 0 Å². The van der Waals surface area contributed by atoms with Crippen molar-refractivity contribution in [1.82, 2.24) is 5.32 Å². The van der Waals surface area contributed by atoms with Crippen LogP contribution in [0.15, 0.2) is 48.5 Å². The highest BCUT2D eigenvalue weighted by Gasteiger charge is 2.08. The lowest BCUT2D eigenvalue weighted by Crippen LogP contribution is -2.22. The van der Waals surface area contributed by atoms with Crippen molar-refractivity contribution in [3.63, 3.8) is 0 Å². The Bertz CT molecular complexity index is 680. The number of benzene rings is 2. The highest BCUT2D eigenvalue weighted by molar-refractivity contribution is 5.94. The summed E-state index contributed by atoms with van der Waals surface area (Å²) in [4.78, 5) is 12.3. The number of hydrogen-bond acceptors (Lipinski definition) is 3. The van der Waals surface area contributed by atoms with Crippen molar-refractivity contribution in [3.8, 4) is 11.5 Å². The van der Waals surface area contributed by atoms with Crippen molar-refractivity contribution in [2.75, 3.05) is 0 Å². The predicted octanol–water partition coefficient (Wildman–Crippen LogP) is 4.58. The lowest BCUT2D eigenvalue weighted by molar-refractivity contribution is 0.0950. The molecule has 4 heteroatoms. The van der Waals surface area contributed by atoms with Gasteiger partial charge < -0.3 is 14.8 Å². The first-order chi connectivity index (χ1) is 12.0. The fourth-order valence-electron chi connectivity index (χ4n) is 2.27. The third-order valence-corrected chi connectivity index (χ3v) is 3.76. The zero-order valence-electron chi connectivity index (χ0n) is 15.4. The Labute approximate surface area is 150 Å². The molecule has 134 valence electrons. The predicted molar refractivity (Wildman–Crippen MR) is 100 cm³/mol. The Kier molecular flexibility index (Phi) is 6.87. The van der Waals surface area contributed by atoms with Crippen molar-refractivity contribution < 1.29 is 14.3 Å². The first-order valence-electron chi connectivity index (χ1n) is 8.78. The molecule has 1 unspecified atom stereocenters. The summed E-state index contributed by atoms with van der Waals surface area (Å²) >= 11 is 0. The van der Waals surface area contributed by atoms with Gasteiger partial charge in [0.2, 0.25) is 0 Å². The Balaban J connectivity index is 1.92. The van der Waals surface area contributed by atoms with Gasteiger partial charge in [0.05, 0.1) is 12.2 Å². The molecule has 0 aromatic heterocycles. The minimum Gasteiger partial charge on any atom is -0.491 e. The van der Waals surface area contributed by atoms with Crippen LogP contribution in [0.25, 0.3) is 0 Å². The van der Waals surface area contributed by atoms with Crippen molar-refractivity contribution in [1.29, 1.82) is 0 Å². The molecule has 0 aliphatic rings. The van der Waals surface area contributed by atoms with E-state index in [-0.39, 0.29) is 18.1 Å². The Morgan fingerprint density at radius 2 is 1.72 bits per heavy atom. The molecule has 0 saturated carbocycles. The smallest absolute Gasteiger partial charge is 0.251 e. The fraction of sp³-hybridized carbons (Fsp3) is 0.381. The molecule has 25 heavy (non-hydrogen) atoms. The van der Waals surface area contributed by atoms with Gasteiger partial charge in [0.1, 0.15) is 11.5 Å². The van der Waals surface area contributed by atoms with E-state index >= 15 is 0 Å². The molecule has 0 saturated heterocycles. The number of rotatable bonds is 8. The van der Waals surface area contributed by atoms with Crippen LogP contribution in [-0.4, -0.2) is 18.1 Å². The van der Waals surface area contributed by atoms with Crippen LogP contribution in [0.3, 0.4) is 0 Å². The maximum absolute atomic E-state index is 12.3. The average molecular weight is 341 g/mol. The topological polar surface area (TPSA) is 47.6 Å². The number of ether oxygens (including phenoxy) is 2. The maximum Gasteiger partial charge on any atom is 0.251 e. The van der Waals surface area contributed by atoms with E-state index in [9.17, 15) is 4.79 Å². The molecule has 0 aliphatic heterocycles. The summed E-state index contributed by atoms with van der Waals surface area (Å²) in [6.07, 6.45) is 1.20. The Morgan fingerprint density at radius 1 is 1.00 bits per heavy atom. The van der Waals surface area contributed by atoms with Crippen LogP contribution in [0.1, 0.15) is 50.0 Å². The molecule has 0 fully saturated rings. The second-order valence-corrected chi connectivity index (χ2v) is 6.36. The summed E-state index contributed by atoms with van der Waals surface area (Å²) in [5, 5.41) is 2.93. The van der Waals surface area contributed by atoms with Gasteiger partial charge in [-0.15, -0.1) is 0 Å². The molecular weight excluding hydrogens is 314 g/mol. The van der Waals surface area contributed by atoms with Crippen molar-refractivity contribution in [3.05, 3.63) is 59.7 Å². The SMILES string of the molecule is CCC(C)Oc1cccc(C(=O)NCc2ccc(OC(C)C)cc2)c1. The minimum atomic E-state index is -0.114. The summed E-state index contributed by atoms with van der Waals surface area (Å²) < 4.78 is 11.4. The number of carbonyl (C=O) groups is 1. The lowest BCUT2D eigenvalue weighted by Gasteiger charge is -2.13. The normalized spacial score (nSPS) is 11.9. The van der Waals surface area contributed by atoms with Crippen molar-refractivity contribution in [2.45, 2.75) is 52.9 Å². The summed E-state index contributed by atoms with van der Waals surface area (Å²) in [5.74, 6) is 1.44. The van der Waals surface area contributed by atoms with Gasteiger partial charge in [-0.1, -0.05) is 25.1 Å². The van der Waals surface area contributed by atoms with E-state index in [0.717, 1.165) is 23.5 Å². The average Bonchev–Trinajstić information content (AvgIpc) is 2.60. The van der Waals surface area contributed by atoms with Crippen molar-refractivity contribution >= 4 is 5.91 Å². The molecule has 1 N–H and O–H groups in total. The van der Waals surface area contributed by atoms with Gasteiger partial charge >= 0.3 is 0 Å². The number of amides is 1.